The molecule has 0 unspecified atom stereocenters. The van der Waals surface area contributed by atoms with Gasteiger partial charge in [0.2, 0.25) is 0 Å². The van der Waals surface area contributed by atoms with Crippen LogP contribution in [0.4, 0.5) is 4.39 Å². The van der Waals surface area contributed by atoms with Crippen molar-refractivity contribution >= 4 is 10.9 Å². The lowest BCUT2D eigenvalue weighted by molar-refractivity contribution is 0.603. The lowest BCUT2D eigenvalue weighted by Gasteiger charge is -2.08. The Morgan fingerprint density at radius 3 is 2.57 bits per heavy atom. The molecule has 2 heteroatoms. The highest BCUT2D eigenvalue weighted by Crippen LogP contribution is 2.26. The van der Waals surface area contributed by atoms with Gasteiger partial charge in [0.15, 0.2) is 5.82 Å². The lowest BCUT2D eigenvalue weighted by Crippen LogP contribution is -1.96. The van der Waals surface area contributed by atoms with Crippen LogP contribution in [-0.2, 0) is 7.05 Å². The Morgan fingerprint density at radius 1 is 1.21 bits per heavy atom. The minimum atomic E-state index is -0.0787. The zero-order valence-corrected chi connectivity index (χ0v) is 8.71. The summed E-state index contributed by atoms with van der Waals surface area (Å²) in [6.45, 7) is 4.01. The molecule has 74 valence electrons. The van der Waals surface area contributed by atoms with E-state index in [9.17, 15) is 4.39 Å². The number of aromatic nitrogens is 1. The molecule has 0 amide bonds. The van der Waals surface area contributed by atoms with E-state index in [2.05, 4.69) is 0 Å². The number of fused-ring (bicyclic) bond motifs is 1. The summed E-state index contributed by atoms with van der Waals surface area (Å²) in [5.41, 5.74) is 1.50. The van der Waals surface area contributed by atoms with Crippen LogP contribution in [0.25, 0.3) is 10.9 Å². The summed E-state index contributed by atoms with van der Waals surface area (Å²) in [5.74, 6) is 0.152. The number of nitrogens with zero attached hydrogens (tertiary/aromatic N) is 1. The fraction of sp³-hybridized carbons (Fsp3) is 0.333. The van der Waals surface area contributed by atoms with Gasteiger partial charge in [0.25, 0.3) is 0 Å². The lowest BCUT2D eigenvalue weighted by atomic mass is 10.0. The second kappa shape index (κ2) is 3.12. The van der Waals surface area contributed by atoms with Crippen molar-refractivity contribution < 1.29 is 4.39 Å². The van der Waals surface area contributed by atoms with E-state index in [1.807, 2.05) is 49.9 Å². The molecule has 0 atom stereocenters. The van der Waals surface area contributed by atoms with Crippen molar-refractivity contribution in [1.82, 2.24) is 4.57 Å². The molecule has 0 saturated carbocycles. The van der Waals surface area contributed by atoms with Gasteiger partial charge in [-0.3, -0.25) is 0 Å². The maximum Gasteiger partial charge on any atom is 0.150 e. The van der Waals surface area contributed by atoms with Gasteiger partial charge in [-0.25, -0.2) is 4.39 Å². The molecule has 2 aromatic rings. The smallest absolute Gasteiger partial charge is 0.150 e. The van der Waals surface area contributed by atoms with E-state index in [0.717, 1.165) is 10.9 Å². The molecule has 0 aliphatic carbocycles. The fourth-order valence-electron chi connectivity index (χ4n) is 1.80. The van der Waals surface area contributed by atoms with Crippen LogP contribution in [0.3, 0.4) is 0 Å². The predicted octanol–water partition coefficient (Wildman–Crippen LogP) is 3.44. The number of aryl methyl sites for hydroxylation is 1. The number of benzene rings is 1. The second-order valence-electron chi connectivity index (χ2n) is 3.99. The average molecular weight is 191 g/mol. The zero-order chi connectivity index (χ0) is 10.3. The van der Waals surface area contributed by atoms with Gasteiger partial charge in [-0.2, -0.15) is 0 Å². The molecule has 0 saturated heterocycles. The van der Waals surface area contributed by atoms with Gasteiger partial charge >= 0.3 is 0 Å². The van der Waals surface area contributed by atoms with E-state index >= 15 is 0 Å². The monoisotopic (exact) mass is 191 g/mol. The first-order valence-electron chi connectivity index (χ1n) is 4.84. The minimum Gasteiger partial charge on any atom is -0.348 e. The Kier molecular flexibility index (Phi) is 2.06. The van der Waals surface area contributed by atoms with Gasteiger partial charge in [0.1, 0.15) is 0 Å². The third-order valence-electron chi connectivity index (χ3n) is 2.63. The highest BCUT2D eigenvalue weighted by atomic mass is 19.1. The van der Waals surface area contributed by atoms with E-state index < -0.39 is 0 Å². The Hall–Kier alpha value is -1.31. The molecule has 14 heavy (non-hydrogen) atoms. The molecular formula is C12H14FN. The number of hydrogen-bond donors (Lipinski definition) is 0. The maximum atomic E-state index is 14.0. The third-order valence-corrected chi connectivity index (χ3v) is 2.63. The average Bonchev–Trinajstić information content (AvgIpc) is 2.48. The van der Waals surface area contributed by atoms with Crippen molar-refractivity contribution in [1.29, 1.82) is 0 Å². The van der Waals surface area contributed by atoms with Crippen molar-refractivity contribution in [3.05, 3.63) is 35.8 Å². The van der Waals surface area contributed by atoms with Gasteiger partial charge in [-0.15, -0.1) is 0 Å². The summed E-state index contributed by atoms with van der Waals surface area (Å²) in [7, 11) is 1.87. The summed E-state index contributed by atoms with van der Waals surface area (Å²) in [6.07, 6.45) is 1.89. The molecular weight excluding hydrogens is 177 g/mol. The molecule has 1 nitrogen and oxygen atoms in total. The Bertz CT molecular complexity index is 468. The highest BCUT2D eigenvalue weighted by Gasteiger charge is 2.11. The predicted molar refractivity (Wildman–Crippen MR) is 57.0 cm³/mol. The molecule has 0 radical (unpaired) electrons. The van der Waals surface area contributed by atoms with Crippen molar-refractivity contribution in [3.8, 4) is 0 Å². The summed E-state index contributed by atoms with van der Waals surface area (Å²) < 4.78 is 15.8. The first kappa shape index (κ1) is 9.25. The second-order valence-corrected chi connectivity index (χ2v) is 3.99. The minimum absolute atomic E-state index is 0.0787. The SMILES string of the molecule is CC(C)c1ccc2ccn(C)c2c1F. The molecule has 2 rings (SSSR count). The Labute approximate surface area is 83.2 Å². The first-order valence-corrected chi connectivity index (χ1v) is 4.84. The van der Waals surface area contributed by atoms with Gasteiger partial charge in [-0.1, -0.05) is 26.0 Å². The number of halogens is 1. The fourth-order valence-corrected chi connectivity index (χ4v) is 1.80. The standard InChI is InChI=1S/C12H14FN/c1-8(2)10-5-4-9-6-7-14(3)12(9)11(10)13/h4-8H,1-3H3. The maximum absolute atomic E-state index is 14.0. The molecule has 0 aliphatic rings. The molecule has 0 aliphatic heterocycles. The van der Waals surface area contributed by atoms with Crippen LogP contribution in [0, 0.1) is 5.82 Å². The highest BCUT2D eigenvalue weighted by molar-refractivity contribution is 5.81. The summed E-state index contributed by atoms with van der Waals surface area (Å²) in [5, 5.41) is 0.967. The van der Waals surface area contributed by atoms with Crippen LogP contribution in [-0.4, -0.2) is 4.57 Å². The third kappa shape index (κ3) is 1.22. The van der Waals surface area contributed by atoms with Gasteiger partial charge in [-0.05, 0) is 17.5 Å². The Balaban J connectivity index is 2.79. The van der Waals surface area contributed by atoms with Gasteiger partial charge in [0, 0.05) is 18.6 Å². The van der Waals surface area contributed by atoms with Gasteiger partial charge < -0.3 is 4.57 Å². The van der Waals surface area contributed by atoms with E-state index in [4.69, 9.17) is 0 Å². The summed E-state index contributed by atoms with van der Waals surface area (Å²) in [4.78, 5) is 0. The normalized spacial score (nSPS) is 11.5. The van der Waals surface area contributed by atoms with Crippen LogP contribution >= 0.6 is 0 Å². The number of hydrogen-bond acceptors (Lipinski definition) is 0. The summed E-state index contributed by atoms with van der Waals surface area (Å²) in [6, 6.07) is 5.79. The molecule has 0 N–H and O–H groups in total. The van der Waals surface area contributed by atoms with Crippen LogP contribution in [0.2, 0.25) is 0 Å². The van der Waals surface area contributed by atoms with Crippen LogP contribution in [0.5, 0.6) is 0 Å². The van der Waals surface area contributed by atoms with Crippen molar-refractivity contribution in [3.63, 3.8) is 0 Å². The van der Waals surface area contributed by atoms with E-state index in [-0.39, 0.29) is 11.7 Å². The first-order chi connectivity index (χ1) is 6.61. The molecule has 1 aromatic heterocycles. The molecule has 1 aromatic carbocycles. The zero-order valence-electron chi connectivity index (χ0n) is 8.71. The van der Waals surface area contributed by atoms with Crippen LogP contribution in [0.15, 0.2) is 24.4 Å². The molecule has 0 spiro atoms. The molecule has 1 heterocycles. The quantitative estimate of drug-likeness (QED) is 0.650. The number of rotatable bonds is 1. The topological polar surface area (TPSA) is 4.93 Å². The van der Waals surface area contributed by atoms with Crippen molar-refractivity contribution in [2.24, 2.45) is 7.05 Å². The van der Waals surface area contributed by atoms with E-state index in [1.54, 1.807) is 0 Å². The van der Waals surface area contributed by atoms with Crippen molar-refractivity contribution in [2.45, 2.75) is 19.8 Å². The van der Waals surface area contributed by atoms with E-state index in [1.165, 1.54) is 0 Å². The summed E-state index contributed by atoms with van der Waals surface area (Å²) >= 11 is 0. The van der Waals surface area contributed by atoms with E-state index in [0.29, 0.717) is 5.52 Å². The van der Waals surface area contributed by atoms with Gasteiger partial charge in [0.05, 0.1) is 5.52 Å². The van der Waals surface area contributed by atoms with Crippen LogP contribution in [0.1, 0.15) is 25.3 Å². The Morgan fingerprint density at radius 2 is 1.93 bits per heavy atom. The molecule has 0 bridgehead atoms. The largest absolute Gasteiger partial charge is 0.348 e. The van der Waals surface area contributed by atoms with Crippen molar-refractivity contribution in [2.75, 3.05) is 0 Å². The molecule has 0 fully saturated rings. The van der Waals surface area contributed by atoms with Crippen LogP contribution < -0.4 is 0 Å².